The summed E-state index contributed by atoms with van der Waals surface area (Å²) in [5.41, 5.74) is 0.765. The average molecular weight is 193 g/mol. The molecule has 7 heteroatoms. The molecule has 1 N–H and O–H groups in total. The zero-order chi connectivity index (χ0) is 8.84. The normalized spacial score (nSPS) is 11.4. The van der Waals surface area contributed by atoms with Crippen molar-refractivity contribution in [2.45, 2.75) is 0 Å². The largest absolute Gasteiger partial charge is 0.305 e. The summed E-state index contributed by atoms with van der Waals surface area (Å²) in [6.45, 7) is 0. The Balaban J connectivity index is 2.79. The van der Waals surface area contributed by atoms with Crippen molar-refractivity contribution in [3.8, 4) is 0 Å². The van der Waals surface area contributed by atoms with Gasteiger partial charge in [0.25, 0.3) is 5.56 Å². The quantitative estimate of drug-likeness (QED) is 0.546. The van der Waals surface area contributed by atoms with Crippen LogP contribution in [0.4, 0.5) is 0 Å². The molecule has 0 unspecified atom stereocenters. The molecule has 0 fully saturated rings. The summed E-state index contributed by atoms with van der Waals surface area (Å²) in [5.74, 6) is 0. The summed E-state index contributed by atoms with van der Waals surface area (Å²) in [6.07, 6.45) is 1.62. The second-order valence-corrected chi connectivity index (χ2v) is 3.24. The van der Waals surface area contributed by atoms with E-state index in [0.717, 1.165) is 11.5 Å². The van der Waals surface area contributed by atoms with Crippen molar-refractivity contribution in [2.75, 3.05) is 0 Å². The van der Waals surface area contributed by atoms with Gasteiger partial charge in [0.15, 0.2) is 10.3 Å². The number of rotatable bonds is 0. The molecule has 3 aromatic heterocycles. The van der Waals surface area contributed by atoms with Crippen molar-refractivity contribution in [2.24, 2.45) is 0 Å². The molecule has 0 aliphatic heterocycles. The molecule has 0 bridgehead atoms. The van der Waals surface area contributed by atoms with Crippen LogP contribution in [-0.2, 0) is 0 Å². The zero-order valence-electron chi connectivity index (χ0n) is 6.26. The first-order valence-electron chi connectivity index (χ1n) is 3.54. The molecule has 0 saturated heterocycles. The van der Waals surface area contributed by atoms with E-state index in [0.29, 0.717) is 16.0 Å². The molecule has 64 valence electrons. The number of hydrogen-bond acceptors (Lipinski definition) is 5. The van der Waals surface area contributed by atoms with Gasteiger partial charge in [-0.3, -0.25) is 4.79 Å². The van der Waals surface area contributed by atoms with E-state index < -0.39 is 0 Å². The lowest BCUT2D eigenvalue weighted by Crippen LogP contribution is -2.09. The van der Waals surface area contributed by atoms with Crippen LogP contribution in [0.2, 0.25) is 0 Å². The molecule has 3 aromatic rings. The Kier molecular flexibility index (Phi) is 1.10. The number of nitrogens with zero attached hydrogens (tertiary/aromatic N) is 4. The third kappa shape index (κ3) is 0.760. The van der Waals surface area contributed by atoms with E-state index in [1.165, 1.54) is 0 Å². The van der Waals surface area contributed by atoms with Crippen LogP contribution in [0.5, 0.6) is 0 Å². The SMILES string of the molecule is O=c1[nH]c2ccnn2c2snnc12. The van der Waals surface area contributed by atoms with Gasteiger partial charge in [-0.2, -0.15) is 5.10 Å². The maximum absolute atomic E-state index is 11.4. The number of hydrogen-bond donors (Lipinski definition) is 1. The van der Waals surface area contributed by atoms with Gasteiger partial charge in [-0.25, -0.2) is 4.52 Å². The van der Waals surface area contributed by atoms with E-state index in [-0.39, 0.29) is 5.56 Å². The molecule has 0 saturated carbocycles. The fourth-order valence-corrected chi connectivity index (χ4v) is 1.85. The molecule has 0 aliphatic rings. The summed E-state index contributed by atoms with van der Waals surface area (Å²) in [6, 6.07) is 1.72. The van der Waals surface area contributed by atoms with Crippen molar-refractivity contribution in [1.29, 1.82) is 0 Å². The zero-order valence-corrected chi connectivity index (χ0v) is 7.08. The predicted octanol–water partition coefficient (Wildman–Crippen LogP) is 0.0273. The van der Waals surface area contributed by atoms with Crippen LogP contribution >= 0.6 is 11.5 Å². The first kappa shape index (κ1) is 6.72. The predicted molar refractivity (Wildman–Crippen MR) is 46.8 cm³/mol. The van der Waals surface area contributed by atoms with Gasteiger partial charge in [0.2, 0.25) is 0 Å². The summed E-state index contributed by atoms with van der Waals surface area (Å²) < 4.78 is 5.32. The van der Waals surface area contributed by atoms with E-state index in [4.69, 9.17) is 0 Å². The molecule has 0 amide bonds. The molecule has 13 heavy (non-hydrogen) atoms. The molecular formula is C6H3N5OS. The summed E-state index contributed by atoms with van der Waals surface area (Å²) >= 11 is 1.15. The summed E-state index contributed by atoms with van der Waals surface area (Å²) in [4.78, 5) is 14.7. The maximum atomic E-state index is 11.4. The third-order valence-electron chi connectivity index (χ3n) is 1.76. The Labute approximate surface area is 75.0 Å². The minimum atomic E-state index is -0.225. The van der Waals surface area contributed by atoms with Gasteiger partial charge >= 0.3 is 0 Å². The minimum Gasteiger partial charge on any atom is -0.305 e. The second-order valence-electron chi connectivity index (χ2n) is 2.51. The highest BCUT2D eigenvalue weighted by atomic mass is 32.1. The fourth-order valence-electron chi connectivity index (χ4n) is 1.20. The number of nitrogens with one attached hydrogen (secondary N) is 1. The second kappa shape index (κ2) is 2.13. The van der Waals surface area contributed by atoms with E-state index in [1.54, 1.807) is 16.8 Å². The Hall–Kier alpha value is -1.76. The van der Waals surface area contributed by atoms with E-state index in [2.05, 4.69) is 19.7 Å². The number of H-pyrrole nitrogens is 1. The molecule has 0 spiro atoms. The van der Waals surface area contributed by atoms with Gasteiger partial charge < -0.3 is 4.98 Å². The first-order valence-corrected chi connectivity index (χ1v) is 4.32. The smallest absolute Gasteiger partial charge is 0.280 e. The van der Waals surface area contributed by atoms with Crippen molar-refractivity contribution in [3.05, 3.63) is 22.6 Å². The van der Waals surface area contributed by atoms with Gasteiger partial charge in [-0.1, -0.05) is 4.49 Å². The molecule has 3 heterocycles. The topological polar surface area (TPSA) is 75.9 Å². The molecule has 0 atom stereocenters. The van der Waals surface area contributed by atoms with Crippen molar-refractivity contribution >= 4 is 27.5 Å². The summed E-state index contributed by atoms with van der Waals surface area (Å²) in [7, 11) is 0. The molecule has 0 radical (unpaired) electrons. The highest BCUT2D eigenvalue weighted by Crippen LogP contribution is 2.11. The summed E-state index contributed by atoms with van der Waals surface area (Å²) in [5, 5.41) is 7.75. The Morgan fingerprint density at radius 2 is 2.46 bits per heavy atom. The number of fused-ring (bicyclic) bond motifs is 3. The van der Waals surface area contributed by atoms with E-state index >= 15 is 0 Å². The van der Waals surface area contributed by atoms with Crippen LogP contribution < -0.4 is 5.56 Å². The van der Waals surface area contributed by atoms with Crippen molar-refractivity contribution in [3.63, 3.8) is 0 Å². The fraction of sp³-hybridized carbons (Fsp3) is 0. The molecule has 0 aliphatic carbocycles. The van der Waals surface area contributed by atoms with Gasteiger partial charge in [-0.05, 0) is 0 Å². The lowest BCUT2D eigenvalue weighted by atomic mass is 10.5. The van der Waals surface area contributed by atoms with Crippen LogP contribution in [0, 0.1) is 0 Å². The lowest BCUT2D eigenvalue weighted by Gasteiger charge is -1.91. The van der Waals surface area contributed by atoms with Gasteiger partial charge in [-0.15, -0.1) is 5.10 Å². The molecule has 0 aromatic carbocycles. The van der Waals surface area contributed by atoms with Crippen LogP contribution in [0.1, 0.15) is 0 Å². The third-order valence-corrected chi connectivity index (χ3v) is 2.46. The van der Waals surface area contributed by atoms with E-state index in [1.807, 2.05) is 0 Å². The average Bonchev–Trinajstić information content (AvgIpc) is 2.66. The first-order chi connectivity index (χ1) is 6.36. The highest BCUT2D eigenvalue weighted by Gasteiger charge is 2.08. The number of aromatic amines is 1. The van der Waals surface area contributed by atoms with Crippen LogP contribution in [-0.4, -0.2) is 24.2 Å². The van der Waals surface area contributed by atoms with Gasteiger partial charge in [0.05, 0.1) is 6.20 Å². The van der Waals surface area contributed by atoms with Crippen LogP contribution in [0.15, 0.2) is 17.1 Å². The molecular weight excluding hydrogens is 190 g/mol. The maximum Gasteiger partial charge on any atom is 0.280 e. The van der Waals surface area contributed by atoms with Crippen LogP contribution in [0.3, 0.4) is 0 Å². The molecule has 6 nitrogen and oxygen atoms in total. The van der Waals surface area contributed by atoms with Crippen molar-refractivity contribution in [1.82, 2.24) is 24.2 Å². The lowest BCUT2D eigenvalue weighted by molar-refractivity contribution is 0.982. The molecule has 3 rings (SSSR count). The highest BCUT2D eigenvalue weighted by molar-refractivity contribution is 7.12. The van der Waals surface area contributed by atoms with E-state index in [9.17, 15) is 4.79 Å². The monoisotopic (exact) mass is 193 g/mol. The van der Waals surface area contributed by atoms with Crippen LogP contribution in [0.25, 0.3) is 16.0 Å². The number of aromatic nitrogens is 5. The Morgan fingerprint density at radius 3 is 3.38 bits per heavy atom. The van der Waals surface area contributed by atoms with Crippen molar-refractivity contribution < 1.29 is 0 Å². The van der Waals surface area contributed by atoms with Gasteiger partial charge in [0.1, 0.15) is 5.65 Å². The standard InChI is InChI=1S/C6H3N5OS/c12-5-4-6(13-10-9-4)11-3(8-5)1-2-7-11/h1-2H,(H,8,12). The van der Waals surface area contributed by atoms with Gasteiger partial charge in [0, 0.05) is 17.6 Å². The minimum absolute atomic E-state index is 0.225. The Bertz CT molecular complexity index is 635. The Morgan fingerprint density at radius 1 is 1.54 bits per heavy atom.